The Bertz CT molecular complexity index is 938. The summed E-state index contributed by atoms with van der Waals surface area (Å²) >= 11 is 0. The van der Waals surface area contributed by atoms with Gasteiger partial charge in [0.15, 0.2) is 0 Å². The number of hydrogen-bond acceptors (Lipinski definition) is 3. The maximum Gasteiger partial charge on any atom is 0.215 e. The van der Waals surface area contributed by atoms with Gasteiger partial charge in [-0.15, -0.1) is 0 Å². The number of aromatic nitrogens is 1. The van der Waals surface area contributed by atoms with E-state index >= 15 is 0 Å². The predicted octanol–water partition coefficient (Wildman–Crippen LogP) is 1.32. The summed E-state index contributed by atoms with van der Waals surface area (Å²) in [5, 5.41) is 0.284. The smallest absolute Gasteiger partial charge is 0.215 e. The van der Waals surface area contributed by atoms with Gasteiger partial charge < -0.3 is 9.88 Å². The Morgan fingerprint density at radius 1 is 1.50 bits per heavy atom. The molecule has 0 saturated heterocycles. The third kappa shape index (κ3) is 3.59. The van der Waals surface area contributed by atoms with Crippen molar-refractivity contribution < 1.29 is 18.0 Å². The molecule has 6 heteroatoms. The number of nitrogens with zero attached hydrogens (tertiary/aromatic N) is 1. The highest BCUT2D eigenvalue weighted by atomic mass is 32.2. The van der Waals surface area contributed by atoms with Crippen molar-refractivity contribution in [1.29, 1.82) is 0 Å². The highest BCUT2D eigenvalue weighted by Gasteiger charge is 2.11. The van der Waals surface area contributed by atoms with E-state index < -0.39 is 29.9 Å². The van der Waals surface area contributed by atoms with Gasteiger partial charge in [0, 0.05) is 33.2 Å². The van der Waals surface area contributed by atoms with Crippen LogP contribution in [0.4, 0.5) is 0 Å². The fraction of sp³-hybridized carbons (Fsp3) is 0.429. The zero-order chi connectivity index (χ0) is 20.8. The molecule has 0 unspecified atom stereocenters. The number of fused-ring (bicyclic) bond motifs is 1. The third-order valence-corrected chi connectivity index (χ3v) is 4.11. The van der Waals surface area contributed by atoms with E-state index in [9.17, 15) is 8.42 Å². The Balaban J connectivity index is 2.57. The standard InChI is InChI=1S/C14H21N3O2S/c1-15-20(18,19)10-11-4-5-14-13(8-11)12(9-16-14)6-7-17(2)3/h4-5,8-9,15-16H,6-7,10H2,1-3H3/i2D3,6D2,7D2. The quantitative estimate of drug-likeness (QED) is 0.846. The van der Waals surface area contributed by atoms with Crippen molar-refractivity contribution in [3.05, 3.63) is 35.5 Å². The molecular weight excluding hydrogens is 274 g/mol. The van der Waals surface area contributed by atoms with Gasteiger partial charge in [0.05, 0.1) is 5.75 Å². The lowest BCUT2D eigenvalue weighted by atomic mass is 10.1. The maximum absolute atomic E-state index is 11.8. The molecule has 0 atom stereocenters. The molecule has 1 heterocycles. The normalized spacial score (nSPS) is 19.6. The van der Waals surface area contributed by atoms with Crippen LogP contribution in [0.25, 0.3) is 10.9 Å². The Kier molecular flexibility index (Phi) is 2.43. The Morgan fingerprint density at radius 2 is 2.30 bits per heavy atom. The first kappa shape index (κ1) is 8.17. The fourth-order valence-corrected chi connectivity index (χ4v) is 2.56. The monoisotopic (exact) mass is 302 g/mol. The number of aromatic amines is 1. The average molecular weight is 302 g/mol. The van der Waals surface area contributed by atoms with E-state index in [1.54, 1.807) is 12.1 Å². The maximum atomic E-state index is 11.8. The molecule has 0 saturated carbocycles. The third-order valence-electron chi connectivity index (χ3n) is 2.77. The van der Waals surface area contributed by atoms with Crippen LogP contribution in [-0.2, 0) is 22.1 Å². The molecule has 0 radical (unpaired) electrons. The summed E-state index contributed by atoms with van der Waals surface area (Å²) in [7, 11) is -1.27. The van der Waals surface area contributed by atoms with Crippen LogP contribution in [0.1, 0.15) is 20.7 Å². The second-order valence-electron chi connectivity index (χ2n) is 4.34. The summed E-state index contributed by atoms with van der Waals surface area (Å²) in [6, 6.07) is 4.59. The largest absolute Gasteiger partial charge is 0.361 e. The number of nitrogens with one attached hydrogen (secondary N) is 2. The minimum atomic E-state index is -3.54. The first-order valence-electron chi connectivity index (χ1n) is 9.39. The average Bonchev–Trinajstić information content (AvgIpc) is 2.96. The summed E-state index contributed by atoms with van der Waals surface area (Å²) in [5.41, 5.74) is 0.771. The Hall–Kier alpha value is -1.37. The minimum absolute atomic E-state index is 0.0951. The van der Waals surface area contributed by atoms with E-state index in [1.165, 1.54) is 19.3 Å². The topological polar surface area (TPSA) is 65.2 Å². The molecule has 0 aliphatic heterocycles. The van der Waals surface area contributed by atoms with Crippen molar-refractivity contribution >= 4 is 20.9 Å². The molecule has 1 aromatic carbocycles. The fourth-order valence-electron chi connectivity index (χ4n) is 1.80. The highest BCUT2D eigenvalue weighted by molar-refractivity contribution is 7.88. The van der Waals surface area contributed by atoms with Crippen LogP contribution in [0, 0.1) is 0 Å². The second-order valence-corrected chi connectivity index (χ2v) is 6.27. The number of benzene rings is 1. The van der Waals surface area contributed by atoms with Gasteiger partial charge >= 0.3 is 0 Å². The lowest BCUT2D eigenvalue weighted by Gasteiger charge is -2.08. The number of rotatable bonds is 6. The van der Waals surface area contributed by atoms with Crippen molar-refractivity contribution in [1.82, 2.24) is 14.6 Å². The molecule has 0 spiro atoms. The molecule has 2 rings (SSSR count). The molecule has 20 heavy (non-hydrogen) atoms. The Morgan fingerprint density at radius 3 is 3.00 bits per heavy atom. The zero-order valence-electron chi connectivity index (χ0n) is 18.2. The van der Waals surface area contributed by atoms with Crippen LogP contribution in [0.5, 0.6) is 0 Å². The van der Waals surface area contributed by atoms with Crippen LogP contribution >= 0.6 is 0 Å². The molecule has 110 valence electrons. The lowest BCUT2D eigenvalue weighted by Crippen LogP contribution is -2.20. The van der Waals surface area contributed by atoms with Crippen LogP contribution < -0.4 is 4.72 Å². The number of sulfonamides is 1. The molecule has 2 aromatic rings. The van der Waals surface area contributed by atoms with Crippen molar-refractivity contribution in [3.8, 4) is 0 Å². The molecule has 0 aliphatic carbocycles. The van der Waals surface area contributed by atoms with E-state index in [4.69, 9.17) is 9.60 Å². The number of hydrogen-bond donors (Lipinski definition) is 2. The van der Waals surface area contributed by atoms with Gasteiger partial charge in [0.25, 0.3) is 0 Å². The molecule has 1 aromatic heterocycles. The van der Waals surface area contributed by atoms with Gasteiger partial charge in [0.2, 0.25) is 10.0 Å². The first-order chi connectivity index (χ1) is 12.1. The van der Waals surface area contributed by atoms with E-state index in [2.05, 4.69) is 9.71 Å². The van der Waals surface area contributed by atoms with E-state index in [0.29, 0.717) is 16.0 Å². The minimum Gasteiger partial charge on any atom is -0.361 e. The van der Waals surface area contributed by atoms with E-state index in [1.807, 2.05) is 0 Å². The second kappa shape index (κ2) is 5.95. The summed E-state index contributed by atoms with van der Waals surface area (Å²) in [5.74, 6) is -0.324. The molecule has 5 nitrogen and oxygen atoms in total. The van der Waals surface area contributed by atoms with Crippen LogP contribution in [0.3, 0.4) is 0 Å². The van der Waals surface area contributed by atoms with Gasteiger partial charge in [-0.2, -0.15) is 0 Å². The number of aryl methyl sites for hydroxylation is 1. The van der Waals surface area contributed by atoms with E-state index in [-0.39, 0.29) is 16.7 Å². The van der Waals surface area contributed by atoms with Gasteiger partial charge in [-0.25, -0.2) is 13.1 Å². The van der Waals surface area contributed by atoms with Crippen molar-refractivity contribution in [3.63, 3.8) is 0 Å². The summed E-state index contributed by atoms with van der Waals surface area (Å²) in [6.07, 6.45) is -1.43. The highest BCUT2D eigenvalue weighted by Crippen LogP contribution is 2.21. The van der Waals surface area contributed by atoms with E-state index in [0.717, 1.165) is 7.05 Å². The molecule has 0 aliphatic rings. The lowest BCUT2D eigenvalue weighted by molar-refractivity contribution is 0.414. The molecular formula is C14H21N3O2S. The Labute approximate surface area is 129 Å². The summed E-state index contributed by atoms with van der Waals surface area (Å²) < 4.78 is 80.7. The zero-order valence-corrected chi connectivity index (χ0v) is 12.0. The van der Waals surface area contributed by atoms with Crippen molar-refractivity contribution in [2.24, 2.45) is 0 Å². The van der Waals surface area contributed by atoms with Crippen LogP contribution in [0.15, 0.2) is 24.4 Å². The van der Waals surface area contributed by atoms with Crippen molar-refractivity contribution in [2.75, 3.05) is 27.6 Å². The van der Waals surface area contributed by atoms with Crippen molar-refractivity contribution in [2.45, 2.75) is 12.1 Å². The number of likely N-dealkylation sites (N-methyl/N-ethyl adjacent to an activating group) is 1. The molecule has 0 fully saturated rings. The van der Waals surface area contributed by atoms with Gasteiger partial charge in [-0.1, -0.05) is 6.07 Å². The van der Waals surface area contributed by atoms with Gasteiger partial charge in [-0.3, -0.25) is 0 Å². The van der Waals surface area contributed by atoms with Gasteiger partial charge in [-0.05, 0) is 50.7 Å². The SMILES string of the molecule is [2H]C([2H])([2H])N(C)C([2H])([2H])C([2H])([2H])c1c[nH]c2ccc(CS(=O)(=O)NC)cc12. The van der Waals surface area contributed by atoms with Crippen LogP contribution in [-0.4, -0.2) is 45.9 Å². The molecule has 2 N–H and O–H groups in total. The number of H-pyrrole nitrogens is 1. The molecule has 0 bridgehead atoms. The predicted molar refractivity (Wildman–Crippen MR) is 82.2 cm³/mol. The summed E-state index contributed by atoms with van der Waals surface area (Å²) in [4.78, 5) is 3.19. The molecule has 0 amide bonds. The van der Waals surface area contributed by atoms with Gasteiger partial charge in [0.1, 0.15) is 0 Å². The summed E-state index contributed by atoms with van der Waals surface area (Å²) in [6.45, 7) is -5.70. The first-order valence-corrected chi connectivity index (χ1v) is 7.54. The van der Waals surface area contributed by atoms with Crippen LogP contribution in [0.2, 0.25) is 0 Å².